The van der Waals surface area contributed by atoms with Gasteiger partial charge in [-0.05, 0) is 23.8 Å². The highest BCUT2D eigenvalue weighted by Crippen LogP contribution is 2.31. The molecule has 0 N–H and O–H groups in total. The van der Waals surface area contributed by atoms with Crippen LogP contribution >= 0.6 is 11.6 Å². The average molecular weight is 511 g/mol. The van der Waals surface area contributed by atoms with Crippen LogP contribution in [0.15, 0.2) is 30.3 Å². The zero-order valence-corrected chi connectivity index (χ0v) is 20.5. The number of esters is 4. The van der Waals surface area contributed by atoms with Crippen LogP contribution in [0.5, 0.6) is 0 Å². The lowest BCUT2D eigenvalue weighted by molar-refractivity contribution is -0.252. The Balaban J connectivity index is 2.35. The Morgan fingerprint density at radius 2 is 1.31 bits per heavy atom. The van der Waals surface area contributed by atoms with Crippen LogP contribution in [0.1, 0.15) is 39.7 Å². The maximum Gasteiger partial charge on any atom is 0.303 e. The molecule has 0 spiro atoms. The predicted octanol–water partition coefficient (Wildman–Crippen LogP) is 2.44. The van der Waals surface area contributed by atoms with Crippen molar-refractivity contribution in [3.05, 3.63) is 40.9 Å². The van der Waals surface area contributed by atoms with Crippen LogP contribution in [-0.2, 0) is 47.7 Å². The van der Waals surface area contributed by atoms with Gasteiger partial charge in [-0.2, -0.15) is 0 Å². The number of halogens is 1. The number of hydrogen-bond acceptors (Lipinski definition) is 10. The van der Waals surface area contributed by atoms with Crippen molar-refractivity contribution in [1.82, 2.24) is 0 Å². The third kappa shape index (κ3) is 9.14. The molecular weight excluding hydrogens is 484 g/mol. The molecule has 0 unspecified atom stereocenters. The summed E-state index contributed by atoms with van der Waals surface area (Å²) < 4.78 is 26.9. The van der Waals surface area contributed by atoms with Gasteiger partial charge in [-0.1, -0.05) is 29.8 Å². The lowest BCUT2D eigenvalue weighted by atomic mass is 9.91. The lowest BCUT2D eigenvalue weighted by Crippen LogP contribution is -2.62. The minimum atomic E-state index is -1.31. The fourth-order valence-corrected chi connectivity index (χ4v) is 3.64. The number of ketones is 1. The van der Waals surface area contributed by atoms with E-state index in [1.54, 1.807) is 30.3 Å². The second-order valence-corrected chi connectivity index (χ2v) is 8.23. The molecule has 2 rings (SSSR count). The molecule has 0 aromatic heterocycles. The summed E-state index contributed by atoms with van der Waals surface area (Å²) in [5.74, 6) is -3.22. The lowest BCUT2D eigenvalue weighted by Gasteiger charge is -2.44. The molecule has 0 amide bonds. The number of benzene rings is 1. The summed E-state index contributed by atoms with van der Waals surface area (Å²) in [6.07, 6.45) is -3.44. The van der Waals surface area contributed by atoms with Gasteiger partial charge in [-0.15, -0.1) is 0 Å². The first-order chi connectivity index (χ1) is 16.5. The van der Waals surface area contributed by atoms with Crippen molar-refractivity contribution in [1.29, 1.82) is 0 Å². The van der Waals surface area contributed by atoms with Crippen LogP contribution in [0.2, 0.25) is 5.02 Å². The van der Waals surface area contributed by atoms with E-state index in [9.17, 15) is 24.0 Å². The Bertz CT molecular complexity index is 971. The van der Waals surface area contributed by atoms with Gasteiger partial charge in [0.25, 0.3) is 0 Å². The molecule has 1 fully saturated rings. The number of rotatable bonds is 9. The van der Waals surface area contributed by atoms with Crippen LogP contribution in [0, 0.1) is 0 Å². The quantitative estimate of drug-likeness (QED) is 0.277. The van der Waals surface area contributed by atoms with Gasteiger partial charge in [-0.25, -0.2) is 0 Å². The van der Waals surface area contributed by atoms with Crippen LogP contribution in [0.3, 0.4) is 0 Å². The van der Waals surface area contributed by atoms with Crippen molar-refractivity contribution in [2.45, 2.75) is 64.6 Å². The normalized spacial score (nSPS) is 23.9. The molecule has 0 bridgehead atoms. The van der Waals surface area contributed by atoms with E-state index in [1.165, 1.54) is 13.0 Å². The van der Waals surface area contributed by atoms with Crippen molar-refractivity contribution in [2.24, 2.45) is 0 Å². The Kier molecular flexibility index (Phi) is 10.4. The molecule has 35 heavy (non-hydrogen) atoms. The molecule has 0 radical (unpaired) electrons. The standard InChI is InChI=1S/C24H27ClO10/c1-13(26)31-12-21-23(33-15(3)28)24(34-16(4)29)22(32-14(2)27)20(35-21)11-19(30)10-7-17-5-8-18(25)9-6-17/h5-10,20-24H,11-12H2,1-4H3/b10-7+/t20-,21+,22-,23+,24+/m0/s1. The van der Waals surface area contributed by atoms with Gasteiger partial charge < -0.3 is 23.7 Å². The van der Waals surface area contributed by atoms with E-state index in [1.807, 2.05) is 0 Å². The van der Waals surface area contributed by atoms with Gasteiger partial charge in [0.1, 0.15) is 18.8 Å². The second-order valence-electron chi connectivity index (χ2n) is 7.79. The Morgan fingerprint density at radius 3 is 1.83 bits per heavy atom. The molecule has 5 atom stereocenters. The van der Waals surface area contributed by atoms with E-state index < -0.39 is 54.4 Å². The molecule has 10 nitrogen and oxygen atoms in total. The van der Waals surface area contributed by atoms with Crippen molar-refractivity contribution in [2.75, 3.05) is 6.61 Å². The van der Waals surface area contributed by atoms with Gasteiger partial charge in [0.05, 0.1) is 0 Å². The minimum Gasteiger partial charge on any atom is -0.463 e. The van der Waals surface area contributed by atoms with E-state index in [4.69, 9.17) is 35.3 Å². The summed E-state index contributed by atoms with van der Waals surface area (Å²) in [6.45, 7) is 4.21. The first-order valence-electron chi connectivity index (χ1n) is 10.7. The number of carbonyl (C=O) groups excluding carboxylic acids is 5. The summed E-state index contributed by atoms with van der Waals surface area (Å²) in [6, 6.07) is 6.79. The predicted molar refractivity (Wildman–Crippen MR) is 122 cm³/mol. The molecule has 1 saturated heterocycles. The third-order valence-electron chi connectivity index (χ3n) is 4.82. The summed E-state index contributed by atoms with van der Waals surface area (Å²) >= 11 is 5.87. The van der Waals surface area contributed by atoms with Crippen molar-refractivity contribution >= 4 is 47.3 Å². The molecule has 1 aliphatic rings. The SMILES string of the molecule is CC(=O)OC[C@H]1O[C@@H](CC(=O)/C=C/c2ccc(Cl)cc2)[C@H](OC(C)=O)[C@@H](OC(C)=O)[C@@H]1OC(C)=O. The maximum absolute atomic E-state index is 12.7. The van der Waals surface area contributed by atoms with Gasteiger partial charge in [0, 0.05) is 39.1 Å². The number of hydrogen-bond donors (Lipinski definition) is 0. The zero-order chi connectivity index (χ0) is 26.1. The molecule has 1 aromatic rings. The molecule has 11 heteroatoms. The number of carbonyl (C=O) groups is 5. The Morgan fingerprint density at radius 1 is 0.800 bits per heavy atom. The monoisotopic (exact) mass is 510 g/mol. The summed E-state index contributed by atoms with van der Waals surface area (Å²) in [4.78, 5) is 59.5. The maximum atomic E-state index is 12.7. The van der Waals surface area contributed by atoms with Crippen LogP contribution in [-0.4, -0.2) is 66.8 Å². The number of allylic oxidation sites excluding steroid dienone is 1. The smallest absolute Gasteiger partial charge is 0.303 e. The number of ether oxygens (including phenoxy) is 5. The van der Waals surface area contributed by atoms with Gasteiger partial charge in [-0.3, -0.25) is 24.0 Å². The minimum absolute atomic E-state index is 0.275. The molecule has 1 aliphatic heterocycles. The topological polar surface area (TPSA) is 132 Å². The Labute approximate surface area is 207 Å². The molecule has 1 aromatic carbocycles. The van der Waals surface area contributed by atoms with E-state index >= 15 is 0 Å². The van der Waals surface area contributed by atoms with Crippen LogP contribution < -0.4 is 0 Å². The highest BCUT2D eigenvalue weighted by molar-refractivity contribution is 6.30. The molecule has 0 aliphatic carbocycles. The molecule has 190 valence electrons. The van der Waals surface area contributed by atoms with Crippen molar-refractivity contribution in [3.63, 3.8) is 0 Å². The summed E-state index contributed by atoms with van der Waals surface area (Å²) in [5.41, 5.74) is 0.726. The van der Waals surface area contributed by atoms with Gasteiger partial charge in [0.2, 0.25) is 0 Å². The van der Waals surface area contributed by atoms with E-state index in [0.29, 0.717) is 5.02 Å². The van der Waals surface area contributed by atoms with Crippen LogP contribution in [0.4, 0.5) is 0 Å². The van der Waals surface area contributed by atoms with E-state index in [0.717, 1.165) is 26.3 Å². The summed E-state index contributed by atoms with van der Waals surface area (Å²) in [5, 5.41) is 0.547. The van der Waals surface area contributed by atoms with Crippen molar-refractivity contribution in [3.8, 4) is 0 Å². The van der Waals surface area contributed by atoms with Gasteiger partial charge >= 0.3 is 23.9 Å². The fraction of sp³-hybridized carbons (Fsp3) is 0.458. The van der Waals surface area contributed by atoms with E-state index in [-0.39, 0.29) is 18.8 Å². The van der Waals surface area contributed by atoms with Crippen LogP contribution in [0.25, 0.3) is 6.08 Å². The zero-order valence-electron chi connectivity index (χ0n) is 19.7. The molecular formula is C24H27ClO10. The summed E-state index contributed by atoms with van der Waals surface area (Å²) in [7, 11) is 0. The molecule has 0 saturated carbocycles. The fourth-order valence-electron chi connectivity index (χ4n) is 3.51. The van der Waals surface area contributed by atoms with E-state index in [2.05, 4.69) is 0 Å². The highest BCUT2D eigenvalue weighted by atomic mass is 35.5. The average Bonchev–Trinajstić information content (AvgIpc) is 2.75. The first kappa shape index (κ1) is 28.0. The highest BCUT2D eigenvalue weighted by Gasteiger charge is 2.52. The largest absolute Gasteiger partial charge is 0.463 e. The van der Waals surface area contributed by atoms with Crippen molar-refractivity contribution < 1.29 is 47.7 Å². The molecule has 1 heterocycles. The first-order valence-corrected chi connectivity index (χ1v) is 11.1. The second kappa shape index (κ2) is 13.0. The third-order valence-corrected chi connectivity index (χ3v) is 5.07. The van der Waals surface area contributed by atoms with Gasteiger partial charge in [0.15, 0.2) is 24.1 Å². The Hall–Kier alpha value is -3.24.